The Labute approximate surface area is 93.2 Å². The molecule has 14 heavy (non-hydrogen) atoms. The summed E-state index contributed by atoms with van der Waals surface area (Å²) < 4.78 is 3.30. The van der Waals surface area contributed by atoms with Crippen LogP contribution in [0.25, 0.3) is 0 Å². The van der Waals surface area contributed by atoms with Crippen molar-refractivity contribution < 1.29 is 0 Å². The van der Waals surface area contributed by atoms with Crippen molar-refractivity contribution in [3.8, 4) is 0 Å². The van der Waals surface area contributed by atoms with Crippen molar-refractivity contribution >= 4 is 21.9 Å². The van der Waals surface area contributed by atoms with Crippen LogP contribution in [-0.2, 0) is 6.54 Å². The van der Waals surface area contributed by atoms with Gasteiger partial charge in [-0.1, -0.05) is 0 Å². The van der Waals surface area contributed by atoms with Crippen LogP contribution in [-0.4, -0.2) is 22.6 Å². The highest BCUT2D eigenvalue weighted by molar-refractivity contribution is 9.10. The van der Waals surface area contributed by atoms with Gasteiger partial charge >= 0.3 is 0 Å². The van der Waals surface area contributed by atoms with E-state index in [1.807, 2.05) is 6.20 Å². The van der Waals surface area contributed by atoms with Crippen LogP contribution in [0.5, 0.6) is 0 Å². The summed E-state index contributed by atoms with van der Waals surface area (Å²) in [7, 11) is 0. The van der Waals surface area contributed by atoms with Crippen LogP contribution in [0.4, 0.5) is 5.95 Å². The molecule has 1 saturated heterocycles. The zero-order valence-corrected chi connectivity index (χ0v) is 10.1. The van der Waals surface area contributed by atoms with Crippen molar-refractivity contribution in [1.82, 2.24) is 9.55 Å². The van der Waals surface area contributed by atoms with E-state index in [4.69, 9.17) is 0 Å². The molecule has 2 rings (SSSR count). The Kier molecular flexibility index (Phi) is 3.11. The Morgan fingerprint density at radius 3 is 2.71 bits per heavy atom. The van der Waals surface area contributed by atoms with E-state index in [-0.39, 0.29) is 0 Å². The molecular weight excluding hydrogens is 242 g/mol. The minimum absolute atomic E-state index is 0.979. The van der Waals surface area contributed by atoms with Gasteiger partial charge in [0.05, 0.1) is 6.20 Å². The van der Waals surface area contributed by atoms with Gasteiger partial charge < -0.3 is 9.47 Å². The van der Waals surface area contributed by atoms with Crippen LogP contribution in [0, 0.1) is 0 Å². The number of hydrogen-bond donors (Lipinski definition) is 0. The molecule has 2 heterocycles. The molecule has 1 aromatic rings. The number of hydrogen-bond acceptors (Lipinski definition) is 2. The maximum Gasteiger partial charge on any atom is 0.206 e. The summed E-state index contributed by atoms with van der Waals surface area (Å²) in [4.78, 5) is 6.84. The van der Waals surface area contributed by atoms with E-state index in [2.05, 4.69) is 37.3 Å². The topological polar surface area (TPSA) is 21.1 Å². The lowest BCUT2D eigenvalue weighted by molar-refractivity contribution is 0.555. The maximum atomic E-state index is 4.45. The summed E-state index contributed by atoms with van der Waals surface area (Å²) in [5.74, 6) is 1.12. The van der Waals surface area contributed by atoms with Gasteiger partial charge in [0, 0.05) is 19.6 Å². The molecule has 1 aliphatic heterocycles. The Hall–Kier alpha value is -0.510. The van der Waals surface area contributed by atoms with E-state index in [9.17, 15) is 0 Å². The molecule has 1 aliphatic rings. The molecule has 1 aromatic heterocycles. The lowest BCUT2D eigenvalue weighted by Crippen LogP contribution is -2.31. The summed E-state index contributed by atoms with van der Waals surface area (Å²) in [6.07, 6.45) is 5.86. The number of imidazole rings is 1. The second-order valence-electron chi connectivity index (χ2n) is 3.67. The first kappa shape index (κ1) is 10.0. The van der Waals surface area contributed by atoms with Crippen molar-refractivity contribution in [3.63, 3.8) is 0 Å². The van der Waals surface area contributed by atoms with E-state index in [1.54, 1.807) is 0 Å². The average Bonchev–Trinajstić information content (AvgIpc) is 2.61. The predicted molar refractivity (Wildman–Crippen MR) is 61.7 cm³/mol. The predicted octanol–water partition coefficient (Wildman–Crippen LogP) is 2.66. The van der Waals surface area contributed by atoms with Crippen molar-refractivity contribution in [2.45, 2.75) is 32.7 Å². The molecule has 0 atom stereocenters. The van der Waals surface area contributed by atoms with Crippen LogP contribution in [0.1, 0.15) is 26.2 Å². The Morgan fingerprint density at radius 2 is 2.07 bits per heavy atom. The van der Waals surface area contributed by atoms with Crippen molar-refractivity contribution in [1.29, 1.82) is 0 Å². The van der Waals surface area contributed by atoms with Crippen molar-refractivity contribution in [3.05, 3.63) is 10.8 Å². The average molecular weight is 258 g/mol. The molecule has 0 saturated carbocycles. The fourth-order valence-electron chi connectivity index (χ4n) is 1.98. The fraction of sp³-hybridized carbons (Fsp3) is 0.700. The van der Waals surface area contributed by atoms with E-state index >= 15 is 0 Å². The molecule has 0 spiro atoms. The number of anilines is 1. The quantitative estimate of drug-likeness (QED) is 0.813. The first-order valence-corrected chi connectivity index (χ1v) is 6.08. The summed E-state index contributed by atoms with van der Waals surface area (Å²) in [6.45, 7) is 5.44. The van der Waals surface area contributed by atoms with Gasteiger partial charge in [-0.25, -0.2) is 4.98 Å². The molecule has 4 heteroatoms. The van der Waals surface area contributed by atoms with Gasteiger partial charge in [0.15, 0.2) is 0 Å². The molecule has 1 fully saturated rings. The second kappa shape index (κ2) is 4.34. The Morgan fingerprint density at radius 1 is 1.36 bits per heavy atom. The molecule has 0 amide bonds. The highest BCUT2D eigenvalue weighted by Crippen LogP contribution is 2.22. The van der Waals surface area contributed by atoms with E-state index in [0.717, 1.165) is 30.2 Å². The molecule has 0 bridgehead atoms. The maximum absolute atomic E-state index is 4.45. The second-order valence-corrected chi connectivity index (χ2v) is 4.49. The van der Waals surface area contributed by atoms with Crippen LogP contribution >= 0.6 is 15.9 Å². The SMILES string of the molecule is CCn1c(Br)cnc1N1CCCCC1. The largest absolute Gasteiger partial charge is 0.342 e. The Bertz CT molecular complexity index is 302. The van der Waals surface area contributed by atoms with Crippen molar-refractivity contribution in [2.24, 2.45) is 0 Å². The molecule has 0 N–H and O–H groups in total. The first-order valence-electron chi connectivity index (χ1n) is 5.29. The highest BCUT2D eigenvalue weighted by atomic mass is 79.9. The third kappa shape index (κ3) is 1.80. The minimum atomic E-state index is 0.979. The van der Waals surface area contributed by atoms with Crippen LogP contribution in [0.3, 0.4) is 0 Å². The lowest BCUT2D eigenvalue weighted by Gasteiger charge is -2.28. The molecule has 78 valence electrons. The van der Waals surface area contributed by atoms with Crippen molar-refractivity contribution in [2.75, 3.05) is 18.0 Å². The van der Waals surface area contributed by atoms with Crippen LogP contribution in [0.15, 0.2) is 10.8 Å². The first-order chi connectivity index (χ1) is 6.83. The molecule has 0 radical (unpaired) electrons. The zero-order chi connectivity index (χ0) is 9.97. The molecule has 0 aliphatic carbocycles. The molecule has 0 aromatic carbocycles. The van der Waals surface area contributed by atoms with Gasteiger partial charge in [-0.15, -0.1) is 0 Å². The number of halogens is 1. The number of rotatable bonds is 2. The molecular formula is C10H16BrN3. The summed E-state index contributed by atoms with van der Waals surface area (Å²) in [5.41, 5.74) is 0. The number of nitrogens with zero attached hydrogens (tertiary/aromatic N) is 3. The van der Waals surface area contributed by atoms with Gasteiger partial charge in [-0.2, -0.15) is 0 Å². The minimum Gasteiger partial charge on any atom is -0.342 e. The molecule has 0 unspecified atom stereocenters. The summed E-state index contributed by atoms with van der Waals surface area (Å²) in [5, 5.41) is 0. The molecule has 3 nitrogen and oxygen atoms in total. The Balaban J connectivity index is 2.21. The van der Waals surface area contributed by atoms with Gasteiger partial charge in [0.2, 0.25) is 5.95 Å². The third-order valence-electron chi connectivity index (χ3n) is 2.74. The zero-order valence-electron chi connectivity index (χ0n) is 8.54. The number of piperidine rings is 1. The summed E-state index contributed by atoms with van der Waals surface area (Å²) >= 11 is 3.52. The van der Waals surface area contributed by atoms with E-state index in [1.165, 1.54) is 19.3 Å². The third-order valence-corrected chi connectivity index (χ3v) is 3.37. The van der Waals surface area contributed by atoms with Gasteiger partial charge in [-0.3, -0.25) is 0 Å². The summed E-state index contributed by atoms with van der Waals surface area (Å²) in [6, 6.07) is 0. The van der Waals surface area contributed by atoms with E-state index in [0.29, 0.717) is 0 Å². The van der Waals surface area contributed by atoms with Crippen LogP contribution in [0.2, 0.25) is 0 Å². The number of aromatic nitrogens is 2. The lowest BCUT2D eigenvalue weighted by atomic mass is 10.1. The van der Waals surface area contributed by atoms with Gasteiger partial charge in [0.25, 0.3) is 0 Å². The highest BCUT2D eigenvalue weighted by Gasteiger charge is 2.16. The van der Waals surface area contributed by atoms with Gasteiger partial charge in [-0.05, 0) is 42.1 Å². The normalized spacial score (nSPS) is 17.4. The standard InChI is InChI=1S/C10H16BrN3/c1-2-14-9(11)8-12-10(14)13-6-4-3-5-7-13/h8H,2-7H2,1H3. The smallest absolute Gasteiger partial charge is 0.206 e. The monoisotopic (exact) mass is 257 g/mol. The van der Waals surface area contributed by atoms with E-state index < -0.39 is 0 Å². The fourth-order valence-corrected chi connectivity index (χ4v) is 2.50. The van der Waals surface area contributed by atoms with Crippen LogP contribution < -0.4 is 4.90 Å². The van der Waals surface area contributed by atoms with Gasteiger partial charge in [0.1, 0.15) is 4.60 Å².